The molecule has 0 aliphatic carbocycles. The zero-order valence-electron chi connectivity index (χ0n) is 8.48. The van der Waals surface area contributed by atoms with Crippen LogP contribution in [0.4, 0.5) is 17.6 Å². The number of carboxylic acid groups (broad SMARTS) is 1. The van der Waals surface area contributed by atoms with Gasteiger partial charge in [0.05, 0.1) is 0 Å². The van der Waals surface area contributed by atoms with E-state index in [4.69, 9.17) is 9.90 Å². The molecule has 0 unspecified atom stereocenters. The molecule has 1 aromatic carbocycles. The standard InChI is InChI=1S/C6H6FNO2S.C2HF3O2/c7-5-3-1-2-4-6(5)11(8,9)10;3-2(4,5)1(6)7/h1-4H,(H2,8,9,10);(H,6,7). The van der Waals surface area contributed by atoms with Gasteiger partial charge in [-0.1, -0.05) is 12.1 Å². The Morgan fingerprint density at radius 2 is 1.61 bits per heavy atom. The number of aliphatic carboxylic acids is 1. The van der Waals surface area contributed by atoms with Gasteiger partial charge in [-0.05, 0) is 12.1 Å². The summed E-state index contributed by atoms with van der Waals surface area (Å²) in [6, 6.07) is 4.96. The highest BCUT2D eigenvalue weighted by atomic mass is 32.2. The van der Waals surface area contributed by atoms with Crippen molar-refractivity contribution in [1.29, 1.82) is 0 Å². The van der Waals surface area contributed by atoms with Crippen LogP contribution in [0.2, 0.25) is 0 Å². The molecule has 0 saturated carbocycles. The second kappa shape index (κ2) is 5.78. The summed E-state index contributed by atoms with van der Waals surface area (Å²) >= 11 is 0. The average molecular weight is 289 g/mol. The second-order valence-electron chi connectivity index (χ2n) is 2.78. The summed E-state index contributed by atoms with van der Waals surface area (Å²) in [5.74, 6) is -3.58. The molecule has 5 nitrogen and oxygen atoms in total. The van der Waals surface area contributed by atoms with E-state index in [0.717, 1.165) is 12.1 Å². The highest BCUT2D eigenvalue weighted by Gasteiger charge is 2.38. The van der Waals surface area contributed by atoms with Crippen molar-refractivity contribution < 1.29 is 35.9 Å². The van der Waals surface area contributed by atoms with E-state index in [-0.39, 0.29) is 0 Å². The first-order valence-electron chi connectivity index (χ1n) is 4.03. The molecule has 0 atom stereocenters. The molecule has 0 aliphatic heterocycles. The summed E-state index contributed by atoms with van der Waals surface area (Å²) in [4.78, 5) is 8.42. The molecule has 0 saturated heterocycles. The van der Waals surface area contributed by atoms with Gasteiger partial charge in [0, 0.05) is 0 Å². The number of halogens is 4. The van der Waals surface area contributed by atoms with E-state index in [1.54, 1.807) is 0 Å². The van der Waals surface area contributed by atoms with Crippen molar-refractivity contribution in [2.45, 2.75) is 11.1 Å². The van der Waals surface area contributed by atoms with Crippen LogP contribution < -0.4 is 5.14 Å². The third-order valence-corrected chi connectivity index (χ3v) is 2.33. The van der Waals surface area contributed by atoms with Crippen molar-refractivity contribution in [3.63, 3.8) is 0 Å². The van der Waals surface area contributed by atoms with Crippen molar-refractivity contribution in [3.8, 4) is 0 Å². The smallest absolute Gasteiger partial charge is 0.475 e. The van der Waals surface area contributed by atoms with E-state index < -0.39 is 32.9 Å². The van der Waals surface area contributed by atoms with Crippen molar-refractivity contribution in [2.75, 3.05) is 0 Å². The maximum absolute atomic E-state index is 12.6. The van der Waals surface area contributed by atoms with Crippen LogP contribution >= 0.6 is 0 Å². The summed E-state index contributed by atoms with van der Waals surface area (Å²) in [7, 11) is -3.91. The van der Waals surface area contributed by atoms with Gasteiger partial charge in [-0.15, -0.1) is 0 Å². The van der Waals surface area contributed by atoms with E-state index in [0.29, 0.717) is 0 Å². The summed E-state index contributed by atoms with van der Waals surface area (Å²) in [5.41, 5.74) is 0. The molecule has 0 heterocycles. The molecule has 102 valence electrons. The number of sulfonamides is 1. The molecule has 0 aromatic heterocycles. The molecular weight excluding hydrogens is 282 g/mol. The maximum Gasteiger partial charge on any atom is 0.490 e. The number of primary sulfonamides is 1. The Balaban J connectivity index is 0.000000360. The largest absolute Gasteiger partial charge is 0.490 e. The molecule has 0 spiro atoms. The Bertz CT molecular complexity index is 526. The minimum atomic E-state index is -5.08. The zero-order valence-corrected chi connectivity index (χ0v) is 9.30. The SMILES string of the molecule is NS(=O)(=O)c1ccccc1F.O=C(O)C(F)(F)F. The number of hydrogen-bond donors (Lipinski definition) is 2. The molecule has 0 aliphatic rings. The van der Waals surface area contributed by atoms with Crippen LogP contribution in [0, 0.1) is 5.82 Å². The molecule has 1 rings (SSSR count). The molecule has 0 bridgehead atoms. The predicted octanol–water partition coefficient (Wildman–Crippen LogP) is 1.11. The van der Waals surface area contributed by atoms with Gasteiger partial charge in [0.1, 0.15) is 10.7 Å². The van der Waals surface area contributed by atoms with Gasteiger partial charge in [0.25, 0.3) is 0 Å². The fourth-order valence-corrected chi connectivity index (χ4v) is 1.28. The molecular formula is C8H7F4NO4S. The zero-order chi connectivity index (χ0) is 14.6. The van der Waals surface area contributed by atoms with Crippen LogP contribution in [-0.4, -0.2) is 25.7 Å². The molecule has 3 N–H and O–H groups in total. The topological polar surface area (TPSA) is 97.5 Å². The number of alkyl halides is 3. The number of rotatable bonds is 1. The van der Waals surface area contributed by atoms with Crippen molar-refractivity contribution in [3.05, 3.63) is 30.1 Å². The Kier molecular flexibility index (Phi) is 5.24. The molecule has 0 radical (unpaired) electrons. The monoisotopic (exact) mass is 289 g/mol. The summed E-state index contributed by atoms with van der Waals surface area (Å²) in [6.07, 6.45) is -5.08. The van der Waals surface area contributed by atoms with Crippen LogP contribution in [0.1, 0.15) is 0 Å². The van der Waals surface area contributed by atoms with Crippen molar-refractivity contribution in [2.24, 2.45) is 5.14 Å². The number of nitrogens with two attached hydrogens (primary N) is 1. The van der Waals surface area contributed by atoms with E-state index >= 15 is 0 Å². The first-order chi connectivity index (χ1) is 7.96. The second-order valence-corrected chi connectivity index (χ2v) is 4.31. The lowest BCUT2D eigenvalue weighted by molar-refractivity contribution is -0.192. The van der Waals surface area contributed by atoms with Crippen molar-refractivity contribution in [1.82, 2.24) is 0 Å². The molecule has 10 heteroatoms. The Morgan fingerprint density at radius 3 is 1.83 bits per heavy atom. The van der Waals surface area contributed by atoms with Crippen LogP contribution in [0.25, 0.3) is 0 Å². The predicted molar refractivity (Wildman–Crippen MR) is 51.5 cm³/mol. The first-order valence-corrected chi connectivity index (χ1v) is 5.58. The van der Waals surface area contributed by atoms with E-state index in [1.165, 1.54) is 12.1 Å². The van der Waals surface area contributed by atoms with Gasteiger partial charge in [0.2, 0.25) is 10.0 Å². The number of hydrogen-bond acceptors (Lipinski definition) is 3. The van der Waals surface area contributed by atoms with E-state index in [1.807, 2.05) is 0 Å². The minimum absolute atomic E-state index is 0.472. The Morgan fingerprint density at radius 1 is 1.22 bits per heavy atom. The van der Waals surface area contributed by atoms with Crippen LogP contribution in [0.15, 0.2) is 29.2 Å². The summed E-state index contributed by atoms with van der Waals surface area (Å²) < 4.78 is 65.5. The quantitative estimate of drug-likeness (QED) is 0.757. The fourth-order valence-electron chi connectivity index (χ4n) is 0.675. The lowest BCUT2D eigenvalue weighted by atomic mass is 10.4. The molecule has 0 amide bonds. The summed E-state index contributed by atoms with van der Waals surface area (Å²) in [6.45, 7) is 0. The third-order valence-electron chi connectivity index (χ3n) is 1.39. The normalized spacial score (nSPS) is 11.4. The van der Waals surface area contributed by atoms with Gasteiger partial charge in [-0.2, -0.15) is 13.2 Å². The first kappa shape index (κ1) is 16.3. The van der Waals surface area contributed by atoms with Crippen LogP contribution in [0.3, 0.4) is 0 Å². The average Bonchev–Trinajstić information content (AvgIpc) is 2.15. The fraction of sp³-hybridized carbons (Fsp3) is 0.125. The Labute approximate surface area is 98.9 Å². The maximum atomic E-state index is 12.6. The van der Waals surface area contributed by atoms with Crippen LogP contribution in [-0.2, 0) is 14.8 Å². The highest BCUT2D eigenvalue weighted by Crippen LogP contribution is 2.13. The third kappa shape index (κ3) is 5.59. The van der Waals surface area contributed by atoms with E-state index in [9.17, 15) is 26.0 Å². The Hall–Kier alpha value is -1.68. The van der Waals surface area contributed by atoms with Gasteiger partial charge >= 0.3 is 12.1 Å². The van der Waals surface area contributed by atoms with Gasteiger partial charge in [0.15, 0.2) is 0 Å². The number of benzene rings is 1. The minimum Gasteiger partial charge on any atom is -0.475 e. The number of carbonyl (C=O) groups is 1. The van der Waals surface area contributed by atoms with Gasteiger partial charge < -0.3 is 5.11 Å². The lowest BCUT2D eigenvalue weighted by Crippen LogP contribution is -2.21. The number of carboxylic acids is 1. The highest BCUT2D eigenvalue weighted by molar-refractivity contribution is 7.89. The molecule has 1 aromatic rings. The van der Waals surface area contributed by atoms with Gasteiger partial charge in [-0.25, -0.2) is 22.7 Å². The molecule has 18 heavy (non-hydrogen) atoms. The van der Waals surface area contributed by atoms with Crippen LogP contribution in [0.5, 0.6) is 0 Å². The van der Waals surface area contributed by atoms with Crippen molar-refractivity contribution >= 4 is 16.0 Å². The van der Waals surface area contributed by atoms with E-state index in [2.05, 4.69) is 5.14 Å². The molecule has 0 fully saturated rings. The van der Waals surface area contributed by atoms with Gasteiger partial charge in [-0.3, -0.25) is 0 Å². The summed E-state index contributed by atoms with van der Waals surface area (Å²) in [5, 5.41) is 11.8. The lowest BCUT2D eigenvalue weighted by Gasteiger charge is -1.97.